The summed E-state index contributed by atoms with van der Waals surface area (Å²) in [5, 5.41) is 13.7. The van der Waals surface area contributed by atoms with Gasteiger partial charge in [-0.25, -0.2) is 4.98 Å². The number of nitrogens with zero attached hydrogens (tertiary/aromatic N) is 2. The Bertz CT molecular complexity index is 398. The molecule has 5 heteroatoms. The summed E-state index contributed by atoms with van der Waals surface area (Å²) in [5.74, 6) is 0. The summed E-state index contributed by atoms with van der Waals surface area (Å²) in [4.78, 5) is 14.1. The zero-order valence-corrected chi connectivity index (χ0v) is 8.14. The minimum absolute atomic E-state index is 0.0307. The fourth-order valence-electron chi connectivity index (χ4n) is 1.52. The number of aromatic nitrogens is 1. The van der Waals surface area contributed by atoms with E-state index < -0.39 is 4.92 Å². The normalized spacial score (nSPS) is 15.9. The summed E-state index contributed by atoms with van der Waals surface area (Å²) in [6.07, 6.45) is 4.39. The van der Waals surface area contributed by atoms with Crippen LogP contribution in [0.5, 0.6) is 0 Å². The van der Waals surface area contributed by atoms with Gasteiger partial charge in [0.2, 0.25) is 0 Å². The number of nitro groups is 1. The topological polar surface area (TPSA) is 68.1 Å². The van der Waals surface area contributed by atoms with Crippen molar-refractivity contribution in [1.82, 2.24) is 10.3 Å². The van der Waals surface area contributed by atoms with Crippen molar-refractivity contribution < 1.29 is 4.92 Å². The van der Waals surface area contributed by atoms with E-state index >= 15 is 0 Å². The van der Waals surface area contributed by atoms with Crippen molar-refractivity contribution in [3.63, 3.8) is 0 Å². The molecule has 0 unspecified atom stereocenters. The summed E-state index contributed by atoms with van der Waals surface area (Å²) in [6.45, 7) is 1.77. The van der Waals surface area contributed by atoms with E-state index in [1.807, 2.05) is 0 Å². The molecule has 15 heavy (non-hydrogen) atoms. The molecule has 0 aliphatic carbocycles. The predicted octanol–water partition coefficient (Wildman–Crippen LogP) is 1.37. The molecule has 0 radical (unpaired) electrons. The highest BCUT2D eigenvalue weighted by Gasteiger charge is 2.09. The van der Waals surface area contributed by atoms with Gasteiger partial charge in [0, 0.05) is 12.6 Å². The van der Waals surface area contributed by atoms with Crippen molar-refractivity contribution in [3.05, 3.63) is 40.2 Å². The maximum atomic E-state index is 10.4. The molecule has 1 aromatic rings. The van der Waals surface area contributed by atoms with Crippen molar-refractivity contribution in [1.29, 1.82) is 0 Å². The summed E-state index contributed by atoms with van der Waals surface area (Å²) in [6, 6.07) is 3.18. The van der Waals surface area contributed by atoms with Crippen LogP contribution in [0.1, 0.15) is 12.1 Å². The van der Waals surface area contributed by atoms with Gasteiger partial charge in [-0.15, -0.1) is 0 Å². The molecule has 0 aromatic carbocycles. The van der Waals surface area contributed by atoms with Gasteiger partial charge in [-0.2, -0.15) is 0 Å². The number of pyridine rings is 1. The van der Waals surface area contributed by atoms with Gasteiger partial charge < -0.3 is 5.32 Å². The Hall–Kier alpha value is -1.75. The third-order valence-corrected chi connectivity index (χ3v) is 2.31. The van der Waals surface area contributed by atoms with Gasteiger partial charge in [-0.1, -0.05) is 6.08 Å². The summed E-state index contributed by atoms with van der Waals surface area (Å²) in [5.41, 5.74) is 1.95. The van der Waals surface area contributed by atoms with Crippen LogP contribution in [0.15, 0.2) is 24.4 Å². The Balaban J connectivity index is 2.23. The lowest BCUT2D eigenvalue weighted by Gasteiger charge is -2.13. The first kappa shape index (κ1) is 9.79. The highest BCUT2D eigenvalue weighted by molar-refractivity contribution is 5.65. The molecule has 0 spiro atoms. The lowest BCUT2D eigenvalue weighted by Crippen LogP contribution is -2.21. The van der Waals surface area contributed by atoms with Crippen LogP contribution in [-0.2, 0) is 0 Å². The second-order valence-corrected chi connectivity index (χ2v) is 3.35. The third-order valence-electron chi connectivity index (χ3n) is 2.31. The quantitative estimate of drug-likeness (QED) is 0.584. The largest absolute Gasteiger partial charge is 0.312 e. The van der Waals surface area contributed by atoms with E-state index in [0.29, 0.717) is 0 Å². The molecule has 2 heterocycles. The predicted molar refractivity (Wildman–Crippen MR) is 56.4 cm³/mol. The van der Waals surface area contributed by atoms with Crippen molar-refractivity contribution in [3.8, 4) is 0 Å². The van der Waals surface area contributed by atoms with E-state index in [-0.39, 0.29) is 5.69 Å². The third kappa shape index (κ3) is 2.19. The summed E-state index contributed by atoms with van der Waals surface area (Å²) >= 11 is 0. The lowest BCUT2D eigenvalue weighted by molar-refractivity contribution is -0.385. The first-order valence-electron chi connectivity index (χ1n) is 4.78. The molecule has 1 aliphatic rings. The Morgan fingerprint density at radius 2 is 2.33 bits per heavy atom. The molecule has 1 N–H and O–H groups in total. The Labute approximate surface area is 87.0 Å². The van der Waals surface area contributed by atoms with Crippen LogP contribution >= 0.6 is 0 Å². The van der Waals surface area contributed by atoms with E-state index in [1.54, 1.807) is 6.07 Å². The molecular weight excluding hydrogens is 194 g/mol. The van der Waals surface area contributed by atoms with Crippen molar-refractivity contribution in [2.45, 2.75) is 6.42 Å². The SMILES string of the molecule is O=[N+]([O-])c1ccc(C2=CCCNC2)nc1. The van der Waals surface area contributed by atoms with Crippen LogP contribution in [0.25, 0.3) is 5.57 Å². The van der Waals surface area contributed by atoms with E-state index in [4.69, 9.17) is 0 Å². The molecule has 0 fully saturated rings. The molecule has 78 valence electrons. The molecule has 0 saturated carbocycles. The number of hydrogen-bond acceptors (Lipinski definition) is 4. The van der Waals surface area contributed by atoms with Gasteiger partial charge in [-0.3, -0.25) is 10.1 Å². The molecular formula is C10H11N3O2. The average molecular weight is 205 g/mol. The second kappa shape index (κ2) is 4.18. The van der Waals surface area contributed by atoms with E-state index in [2.05, 4.69) is 16.4 Å². The summed E-state index contributed by atoms with van der Waals surface area (Å²) < 4.78 is 0. The van der Waals surface area contributed by atoms with E-state index in [0.717, 1.165) is 30.8 Å². The number of hydrogen-bond donors (Lipinski definition) is 1. The Kier molecular flexibility index (Phi) is 2.73. The number of rotatable bonds is 2. The van der Waals surface area contributed by atoms with Gasteiger partial charge >= 0.3 is 0 Å². The fourth-order valence-corrected chi connectivity index (χ4v) is 1.52. The highest BCUT2D eigenvalue weighted by atomic mass is 16.6. The minimum atomic E-state index is -0.440. The van der Waals surface area contributed by atoms with Crippen molar-refractivity contribution in [2.24, 2.45) is 0 Å². The average Bonchev–Trinajstić information content (AvgIpc) is 2.30. The van der Waals surface area contributed by atoms with Crippen molar-refractivity contribution >= 4 is 11.3 Å². The van der Waals surface area contributed by atoms with Crippen LogP contribution < -0.4 is 5.32 Å². The first-order chi connectivity index (χ1) is 7.27. The summed E-state index contributed by atoms with van der Waals surface area (Å²) in [7, 11) is 0. The monoisotopic (exact) mass is 205 g/mol. The molecule has 0 saturated heterocycles. The van der Waals surface area contributed by atoms with Gasteiger partial charge in [-0.05, 0) is 24.6 Å². The van der Waals surface area contributed by atoms with Crippen LogP contribution in [0.3, 0.4) is 0 Å². The maximum Gasteiger partial charge on any atom is 0.287 e. The van der Waals surface area contributed by atoms with Gasteiger partial charge in [0.1, 0.15) is 6.20 Å². The molecule has 0 amide bonds. The van der Waals surface area contributed by atoms with Gasteiger partial charge in [0.15, 0.2) is 0 Å². The van der Waals surface area contributed by atoms with Crippen LogP contribution in [0.2, 0.25) is 0 Å². The Morgan fingerprint density at radius 3 is 2.87 bits per heavy atom. The van der Waals surface area contributed by atoms with Gasteiger partial charge in [0.25, 0.3) is 5.69 Å². The standard InChI is InChI=1S/C10H11N3O2/c14-13(15)9-3-4-10(12-7-9)8-2-1-5-11-6-8/h2-4,7,11H,1,5-6H2. The fraction of sp³-hybridized carbons (Fsp3) is 0.300. The Morgan fingerprint density at radius 1 is 1.47 bits per heavy atom. The molecule has 0 bridgehead atoms. The molecule has 5 nitrogen and oxygen atoms in total. The highest BCUT2D eigenvalue weighted by Crippen LogP contribution is 2.17. The smallest absolute Gasteiger partial charge is 0.287 e. The van der Waals surface area contributed by atoms with Crippen LogP contribution in [0, 0.1) is 10.1 Å². The molecule has 2 rings (SSSR count). The lowest BCUT2D eigenvalue weighted by atomic mass is 10.1. The minimum Gasteiger partial charge on any atom is -0.312 e. The zero-order chi connectivity index (χ0) is 10.7. The van der Waals surface area contributed by atoms with Gasteiger partial charge in [0.05, 0.1) is 10.6 Å². The molecule has 1 aromatic heterocycles. The molecule has 1 aliphatic heterocycles. The van der Waals surface area contributed by atoms with Crippen LogP contribution in [-0.4, -0.2) is 23.0 Å². The molecule has 0 atom stereocenters. The maximum absolute atomic E-state index is 10.4. The zero-order valence-electron chi connectivity index (χ0n) is 8.14. The second-order valence-electron chi connectivity index (χ2n) is 3.35. The van der Waals surface area contributed by atoms with E-state index in [1.165, 1.54) is 12.3 Å². The first-order valence-corrected chi connectivity index (χ1v) is 4.78. The number of nitrogens with one attached hydrogen (secondary N) is 1. The van der Waals surface area contributed by atoms with Crippen molar-refractivity contribution in [2.75, 3.05) is 13.1 Å². The van der Waals surface area contributed by atoms with Crippen LogP contribution in [0.4, 0.5) is 5.69 Å². The van der Waals surface area contributed by atoms with E-state index in [9.17, 15) is 10.1 Å².